The van der Waals surface area contributed by atoms with E-state index in [-0.39, 0.29) is 11.5 Å². The number of para-hydroxylation sites is 1. The van der Waals surface area contributed by atoms with Crippen molar-refractivity contribution in [3.05, 3.63) is 82.9 Å². The molecular weight excluding hydrogens is 458 g/mol. The number of fused-ring (bicyclic) bond motifs is 3. The second-order valence-electron chi connectivity index (χ2n) is 8.55. The van der Waals surface area contributed by atoms with Gasteiger partial charge in [0.1, 0.15) is 11.6 Å². The van der Waals surface area contributed by atoms with Crippen LogP contribution in [0.5, 0.6) is 5.75 Å². The lowest BCUT2D eigenvalue weighted by atomic mass is 10.1. The minimum atomic E-state index is 0.0822. The summed E-state index contributed by atoms with van der Waals surface area (Å²) in [7, 11) is 1.67. The van der Waals surface area contributed by atoms with E-state index in [9.17, 15) is 4.79 Å². The number of benzene rings is 2. The van der Waals surface area contributed by atoms with Gasteiger partial charge >= 0.3 is 0 Å². The van der Waals surface area contributed by atoms with Crippen LogP contribution in [0.3, 0.4) is 0 Å². The van der Waals surface area contributed by atoms with Gasteiger partial charge in [-0.3, -0.25) is 4.79 Å². The highest BCUT2D eigenvalue weighted by molar-refractivity contribution is 7.99. The number of hydrogen-bond donors (Lipinski definition) is 0. The molecular formula is C27H27N5O2S. The van der Waals surface area contributed by atoms with Gasteiger partial charge in [-0.05, 0) is 63.1 Å². The highest BCUT2D eigenvalue weighted by Crippen LogP contribution is 2.26. The van der Waals surface area contributed by atoms with Gasteiger partial charge in [0.25, 0.3) is 0 Å². The van der Waals surface area contributed by atoms with Gasteiger partial charge in [-0.15, -0.1) is 5.10 Å². The average molecular weight is 486 g/mol. The molecule has 35 heavy (non-hydrogen) atoms. The Balaban J connectivity index is 1.33. The molecule has 0 fully saturated rings. The maximum Gasteiger partial charge on any atom is 0.192 e. The first kappa shape index (κ1) is 23.1. The van der Waals surface area contributed by atoms with Crippen molar-refractivity contribution in [2.24, 2.45) is 0 Å². The number of thioether (sulfide) groups is 1. The highest BCUT2D eigenvalue weighted by Gasteiger charge is 2.18. The number of carbonyl (C=O) groups is 1. The van der Waals surface area contributed by atoms with Crippen LogP contribution in [0, 0.1) is 20.8 Å². The predicted octanol–water partition coefficient (Wildman–Crippen LogP) is 5.23. The fourth-order valence-corrected chi connectivity index (χ4v) is 5.22. The second kappa shape index (κ2) is 9.54. The lowest BCUT2D eigenvalue weighted by Gasteiger charge is -2.10. The minimum Gasteiger partial charge on any atom is -0.497 e. The van der Waals surface area contributed by atoms with E-state index >= 15 is 0 Å². The standard InChI is InChI=1S/C27H27N5O2S/c1-17-15-23(18(2)31(17)14-13-20-9-11-21(34-4)12-10-20)25(33)16-35-27-29-24-8-6-5-7-22(24)26-28-19(3)30-32(26)27/h5-12,15H,13-14,16H2,1-4H3. The van der Waals surface area contributed by atoms with Crippen molar-refractivity contribution >= 4 is 34.1 Å². The van der Waals surface area contributed by atoms with E-state index in [1.165, 1.54) is 17.3 Å². The summed E-state index contributed by atoms with van der Waals surface area (Å²) in [5, 5.41) is 6.13. The van der Waals surface area contributed by atoms with Crippen LogP contribution in [0.25, 0.3) is 16.6 Å². The molecule has 3 aromatic heterocycles. The molecule has 0 bridgehead atoms. The summed E-state index contributed by atoms with van der Waals surface area (Å²) in [4.78, 5) is 22.6. The summed E-state index contributed by atoms with van der Waals surface area (Å²) < 4.78 is 9.20. The van der Waals surface area contributed by atoms with Crippen LogP contribution in [-0.2, 0) is 13.0 Å². The van der Waals surface area contributed by atoms with Crippen LogP contribution in [0.15, 0.2) is 59.8 Å². The van der Waals surface area contributed by atoms with E-state index in [4.69, 9.17) is 9.72 Å². The Morgan fingerprint density at radius 2 is 1.80 bits per heavy atom. The van der Waals surface area contributed by atoms with Gasteiger partial charge in [0, 0.05) is 28.9 Å². The lowest BCUT2D eigenvalue weighted by Crippen LogP contribution is -2.09. The minimum absolute atomic E-state index is 0.0822. The zero-order valence-electron chi connectivity index (χ0n) is 20.3. The Hall–Kier alpha value is -3.65. The van der Waals surface area contributed by atoms with Gasteiger partial charge in [-0.25, -0.2) is 9.97 Å². The summed E-state index contributed by atoms with van der Waals surface area (Å²) >= 11 is 1.40. The fraction of sp³-hybridized carbons (Fsp3) is 0.259. The monoisotopic (exact) mass is 485 g/mol. The molecule has 7 nitrogen and oxygen atoms in total. The molecule has 2 aromatic carbocycles. The van der Waals surface area contributed by atoms with E-state index < -0.39 is 0 Å². The Bertz CT molecular complexity index is 1540. The molecule has 8 heteroatoms. The number of rotatable bonds is 8. The first-order valence-corrected chi connectivity index (χ1v) is 12.5. The van der Waals surface area contributed by atoms with Crippen LogP contribution in [0.2, 0.25) is 0 Å². The zero-order chi connectivity index (χ0) is 24.5. The van der Waals surface area contributed by atoms with Gasteiger partial charge in [0.2, 0.25) is 0 Å². The van der Waals surface area contributed by atoms with E-state index in [0.717, 1.165) is 52.2 Å². The number of ether oxygens (including phenoxy) is 1. The molecule has 5 aromatic rings. The molecule has 0 aliphatic carbocycles. The van der Waals surface area contributed by atoms with E-state index in [2.05, 4.69) is 33.7 Å². The third-order valence-electron chi connectivity index (χ3n) is 6.24. The van der Waals surface area contributed by atoms with Gasteiger partial charge in [-0.1, -0.05) is 36.0 Å². The molecule has 0 spiro atoms. The van der Waals surface area contributed by atoms with Gasteiger partial charge < -0.3 is 9.30 Å². The number of aryl methyl sites for hydroxylation is 3. The molecule has 0 N–H and O–H groups in total. The van der Waals surface area contributed by atoms with Gasteiger partial charge in [-0.2, -0.15) is 4.52 Å². The summed E-state index contributed by atoms with van der Waals surface area (Å²) in [5.41, 5.74) is 5.68. The number of ketones is 1. The van der Waals surface area contributed by atoms with E-state index in [0.29, 0.717) is 11.0 Å². The van der Waals surface area contributed by atoms with Crippen LogP contribution in [0.1, 0.15) is 33.1 Å². The molecule has 0 amide bonds. The average Bonchev–Trinajstić information content (AvgIpc) is 3.40. The zero-order valence-corrected chi connectivity index (χ0v) is 21.1. The van der Waals surface area contributed by atoms with Crippen molar-refractivity contribution in [2.75, 3.05) is 12.9 Å². The lowest BCUT2D eigenvalue weighted by molar-refractivity contribution is 0.102. The number of Topliss-reactive ketones (excluding diaryl/α,β-unsaturated/α-hetero) is 1. The Kier molecular flexibility index (Phi) is 6.30. The van der Waals surface area contributed by atoms with Crippen molar-refractivity contribution in [2.45, 2.75) is 38.9 Å². The quantitative estimate of drug-likeness (QED) is 0.170. The smallest absolute Gasteiger partial charge is 0.192 e. The van der Waals surface area contributed by atoms with Crippen LogP contribution in [-0.4, -0.2) is 42.8 Å². The summed E-state index contributed by atoms with van der Waals surface area (Å²) in [6, 6.07) is 18.0. The molecule has 0 saturated carbocycles. The van der Waals surface area contributed by atoms with Gasteiger partial charge in [0.05, 0.1) is 18.4 Å². The van der Waals surface area contributed by atoms with Crippen molar-refractivity contribution in [3.63, 3.8) is 0 Å². The number of nitrogens with zero attached hydrogens (tertiary/aromatic N) is 5. The molecule has 3 heterocycles. The molecule has 0 unspecified atom stereocenters. The second-order valence-corrected chi connectivity index (χ2v) is 9.49. The summed E-state index contributed by atoms with van der Waals surface area (Å²) in [6.45, 7) is 6.75. The first-order chi connectivity index (χ1) is 16.9. The molecule has 178 valence electrons. The van der Waals surface area contributed by atoms with Crippen molar-refractivity contribution < 1.29 is 9.53 Å². The van der Waals surface area contributed by atoms with Crippen molar-refractivity contribution in [1.29, 1.82) is 0 Å². The normalized spacial score (nSPS) is 11.4. The fourth-order valence-electron chi connectivity index (χ4n) is 4.40. The highest BCUT2D eigenvalue weighted by atomic mass is 32.2. The SMILES string of the molecule is COc1ccc(CCn2c(C)cc(C(=O)CSc3nc4ccccc4c4nc(C)nn34)c2C)cc1. The predicted molar refractivity (Wildman–Crippen MR) is 139 cm³/mol. The molecule has 0 aliphatic rings. The number of carbonyl (C=O) groups excluding carboxylic acids is 1. The van der Waals surface area contributed by atoms with Crippen LogP contribution < -0.4 is 4.74 Å². The van der Waals surface area contributed by atoms with Crippen LogP contribution in [0.4, 0.5) is 0 Å². The third-order valence-corrected chi connectivity index (χ3v) is 7.17. The van der Waals surface area contributed by atoms with E-state index in [1.807, 2.05) is 56.3 Å². The van der Waals surface area contributed by atoms with Gasteiger partial charge in [0.15, 0.2) is 16.6 Å². The first-order valence-electron chi connectivity index (χ1n) is 11.5. The number of hydrogen-bond acceptors (Lipinski definition) is 6. The third kappa shape index (κ3) is 4.53. The van der Waals surface area contributed by atoms with Crippen molar-refractivity contribution in [3.8, 4) is 5.75 Å². The maximum absolute atomic E-state index is 13.2. The number of aromatic nitrogens is 5. The number of methoxy groups -OCH3 is 1. The van der Waals surface area contributed by atoms with Crippen LogP contribution >= 0.6 is 11.8 Å². The topological polar surface area (TPSA) is 74.3 Å². The van der Waals surface area contributed by atoms with Crippen molar-refractivity contribution in [1.82, 2.24) is 24.1 Å². The molecule has 0 radical (unpaired) electrons. The molecule has 0 atom stereocenters. The van der Waals surface area contributed by atoms with E-state index in [1.54, 1.807) is 11.6 Å². The summed E-state index contributed by atoms with van der Waals surface area (Å²) in [5.74, 6) is 1.89. The Morgan fingerprint density at radius 1 is 1.03 bits per heavy atom. The Morgan fingerprint density at radius 3 is 2.57 bits per heavy atom. The largest absolute Gasteiger partial charge is 0.497 e. The molecule has 0 aliphatic heterocycles. The Labute approximate surface area is 208 Å². The molecule has 5 rings (SSSR count). The summed E-state index contributed by atoms with van der Waals surface area (Å²) in [6.07, 6.45) is 0.882. The molecule has 0 saturated heterocycles. The maximum atomic E-state index is 13.2.